The second kappa shape index (κ2) is 6.09. The second-order valence-corrected chi connectivity index (χ2v) is 3.62. The van der Waals surface area contributed by atoms with Crippen molar-refractivity contribution in [3.63, 3.8) is 0 Å². The molecule has 4 nitrogen and oxygen atoms in total. The molecule has 0 bridgehead atoms. The third kappa shape index (κ3) is 5.21. The van der Waals surface area contributed by atoms with Gasteiger partial charge in [-0.2, -0.15) is 8.78 Å². The van der Waals surface area contributed by atoms with Gasteiger partial charge >= 0.3 is 6.61 Å². The van der Waals surface area contributed by atoms with Gasteiger partial charge in [0, 0.05) is 5.69 Å². The lowest BCUT2D eigenvalue weighted by molar-refractivity contribution is -0.115. The van der Waals surface area contributed by atoms with Gasteiger partial charge in [-0.1, -0.05) is 12.2 Å². The van der Waals surface area contributed by atoms with E-state index in [1.165, 1.54) is 24.3 Å². The topological polar surface area (TPSA) is 64.4 Å². The largest absolute Gasteiger partial charge is 0.435 e. The molecule has 0 unspecified atom stereocenters. The van der Waals surface area contributed by atoms with Gasteiger partial charge in [0.05, 0.1) is 11.4 Å². The lowest BCUT2D eigenvalue weighted by Gasteiger charge is -2.07. The number of hydrogen-bond acceptors (Lipinski definition) is 3. The van der Waals surface area contributed by atoms with Crippen molar-refractivity contribution in [2.75, 3.05) is 5.32 Å². The summed E-state index contributed by atoms with van der Waals surface area (Å²) in [6.45, 7) is -2.87. The van der Waals surface area contributed by atoms with Crippen LogP contribution in [0.4, 0.5) is 14.5 Å². The summed E-state index contributed by atoms with van der Waals surface area (Å²) in [7, 11) is 0. The van der Waals surface area contributed by atoms with Gasteiger partial charge in [-0.05, 0) is 24.3 Å². The van der Waals surface area contributed by atoms with Crippen LogP contribution in [0.1, 0.15) is 6.42 Å². The number of hydrogen-bond donors (Lipinski definition) is 2. The Morgan fingerprint density at radius 2 is 2.00 bits per heavy atom. The standard InChI is InChI=1S/C10H10F2N2O2S/c11-10(12)16-7-3-1-6(2-4-7)14-9(15)5-8(13)17/h1-4,10H,5H2,(H2,13,17)(H,14,15). The molecule has 1 rings (SSSR count). The SMILES string of the molecule is NC(=S)CC(=O)Nc1ccc(OC(F)F)cc1. The fraction of sp³-hybridized carbons (Fsp3) is 0.200. The van der Waals surface area contributed by atoms with Crippen molar-refractivity contribution in [3.8, 4) is 5.75 Å². The number of alkyl halides is 2. The quantitative estimate of drug-likeness (QED) is 0.794. The van der Waals surface area contributed by atoms with E-state index in [0.29, 0.717) is 5.69 Å². The van der Waals surface area contributed by atoms with Crippen LogP contribution in [0, 0.1) is 0 Å². The predicted octanol–water partition coefficient (Wildman–Crippen LogP) is 1.90. The maximum atomic E-state index is 11.9. The summed E-state index contributed by atoms with van der Waals surface area (Å²) in [6.07, 6.45) is -0.0649. The number of carbonyl (C=O) groups excluding carboxylic acids is 1. The zero-order chi connectivity index (χ0) is 12.8. The van der Waals surface area contributed by atoms with Crippen molar-refractivity contribution in [1.82, 2.24) is 0 Å². The van der Waals surface area contributed by atoms with Crippen LogP contribution in [0.15, 0.2) is 24.3 Å². The van der Waals surface area contributed by atoms with Crippen molar-refractivity contribution < 1.29 is 18.3 Å². The zero-order valence-corrected chi connectivity index (χ0v) is 9.47. The number of nitrogens with two attached hydrogens (primary N) is 1. The van der Waals surface area contributed by atoms with Gasteiger partial charge in [-0.3, -0.25) is 4.79 Å². The maximum absolute atomic E-state index is 11.9. The fourth-order valence-corrected chi connectivity index (χ4v) is 1.21. The molecule has 0 atom stereocenters. The van der Waals surface area contributed by atoms with Crippen molar-refractivity contribution in [2.45, 2.75) is 13.0 Å². The first-order chi connectivity index (χ1) is 7.97. The van der Waals surface area contributed by atoms with Gasteiger partial charge in [0.15, 0.2) is 0 Å². The average molecular weight is 260 g/mol. The van der Waals surface area contributed by atoms with E-state index in [1.807, 2.05) is 0 Å². The molecule has 0 radical (unpaired) electrons. The summed E-state index contributed by atoms with van der Waals surface area (Å²) in [5.74, 6) is -0.340. The summed E-state index contributed by atoms with van der Waals surface area (Å²) >= 11 is 4.57. The van der Waals surface area contributed by atoms with Crippen LogP contribution in [-0.2, 0) is 4.79 Å². The molecule has 0 heterocycles. The van der Waals surface area contributed by atoms with E-state index in [2.05, 4.69) is 22.3 Å². The molecule has 1 amide bonds. The Labute approximate surface area is 102 Å². The van der Waals surface area contributed by atoms with Crippen LogP contribution in [0.5, 0.6) is 5.75 Å². The van der Waals surface area contributed by atoms with Crippen molar-refractivity contribution in [3.05, 3.63) is 24.3 Å². The number of benzene rings is 1. The van der Waals surface area contributed by atoms with Crippen LogP contribution in [-0.4, -0.2) is 17.5 Å². The van der Waals surface area contributed by atoms with Crippen LogP contribution in [0.25, 0.3) is 0 Å². The van der Waals surface area contributed by atoms with Gasteiger partial charge < -0.3 is 15.8 Å². The van der Waals surface area contributed by atoms with Crippen molar-refractivity contribution in [2.24, 2.45) is 5.73 Å². The molecule has 7 heteroatoms. The van der Waals surface area contributed by atoms with Crippen LogP contribution >= 0.6 is 12.2 Å². The van der Waals surface area contributed by atoms with Crippen LogP contribution < -0.4 is 15.8 Å². The van der Waals surface area contributed by atoms with Crippen molar-refractivity contribution in [1.29, 1.82) is 0 Å². The molecular weight excluding hydrogens is 250 g/mol. The molecule has 0 saturated carbocycles. The van der Waals surface area contributed by atoms with Crippen molar-refractivity contribution >= 4 is 28.8 Å². The highest BCUT2D eigenvalue weighted by atomic mass is 32.1. The van der Waals surface area contributed by atoms with E-state index in [-0.39, 0.29) is 23.1 Å². The Balaban J connectivity index is 2.56. The molecule has 92 valence electrons. The average Bonchev–Trinajstić information content (AvgIpc) is 2.18. The predicted molar refractivity (Wildman–Crippen MR) is 63.1 cm³/mol. The normalized spacial score (nSPS) is 10.1. The van der Waals surface area contributed by atoms with E-state index < -0.39 is 6.61 Å². The molecule has 0 aliphatic rings. The number of carbonyl (C=O) groups is 1. The number of nitrogens with one attached hydrogen (secondary N) is 1. The molecule has 0 saturated heterocycles. The highest BCUT2D eigenvalue weighted by molar-refractivity contribution is 7.80. The minimum absolute atomic E-state index is 0.0207. The number of thiocarbonyl (C=S) groups is 1. The molecule has 0 fully saturated rings. The minimum Gasteiger partial charge on any atom is -0.435 e. The molecule has 1 aromatic rings. The lowest BCUT2D eigenvalue weighted by Crippen LogP contribution is -2.20. The Bertz CT molecular complexity index is 409. The maximum Gasteiger partial charge on any atom is 0.387 e. The summed E-state index contributed by atoms with van der Waals surface area (Å²) < 4.78 is 27.9. The van der Waals surface area contributed by atoms with Gasteiger partial charge in [0.1, 0.15) is 5.75 Å². The van der Waals surface area contributed by atoms with Gasteiger partial charge in [-0.15, -0.1) is 0 Å². The summed E-state index contributed by atoms with van der Waals surface area (Å²) in [4.78, 5) is 11.3. The smallest absolute Gasteiger partial charge is 0.387 e. The third-order valence-electron chi connectivity index (χ3n) is 1.70. The Hall–Kier alpha value is -1.76. The molecule has 1 aromatic carbocycles. The molecular formula is C10H10F2N2O2S. The van der Waals surface area contributed by atoms with Gasteiger partial charge in [0.2, 0.25) is 5.91 Å². The van der Waals surface area contributed by atoms with E-state index >= 15 is 0 Å². The first-order valence-electron chi connectivity index (χ1n) is 4.60. The molecule has 17 heavy (non-hydrogen) atoms. The molecule has 0 aromatic heterocycles. The van der Waals surface area contributed by atoms with E-state index in [1.54, 1.807) is 0 Å². The number of halogens is 2. The molecule has 0 aliphatic carbocycles. The Morgan fingerprint density at radius 3 is 2.47 bits per heavy atom. The van der Waals surface area contributed by atoms with E-state index in [0.717, 1.165) is 0 Å². The van der Waals surface area contributed by atoms with Gasteiger partial charge in [0.25, 0.3) is 0 Å². The summed E-state index contributed by atoms with van der Waals surface area (Å²) in [5.41, 5.74) is 5.64. The number of anilines is 1. The Morgan fingerprint density at radius 1 is 1.41 bits per heavy atom. The van der Waals surface area contributed by atoms with E-state index in [9.17, 15) is 13.6 Å². The summed E-state index contributed by atoms with van der Waals surface area (Å²) in [5, 5.41) is 2.50. The minimum atomic E-state index is -2.87. The first kappa shape index (κ1) is 13.3. The first-order valence-corrected chi connectivity index (χ1v) is 5.01. The molecule has 0 aliphatic heterocycles. The third-order valence-corrected chi connectivity index (χ3v) is 1.84. The van der Waals surface area contributed by atoms with Gasteiger partial charge in [-0.25, -0.2) is 0 Å². The molecule has 0 spiro atoms. The van der Waals surface area contributed by atoms with Crippen LogP contribution in [0.3, 0.4) is 0 Å². The number of amides is 1. The Kier molecular flexibility index (Phi) is 4.77. The highest BCUT2D eigenvalue weighted by Gasteiger charge is 2.06. The van der Waals surface area contributed by atoms with Crippen LogP contribution in [0.2, 0.25) is 0 Å². The fourth-order valence-electron chi connectivity index (χ4n) is 1.08. The second-order valence-electron chi connectivity index (χ2n) is 3.09. The highest BCUT2D eigenvalue weighted by Crippen LogP contribution is 2.17. The zero-order valence-electron chi connectivity index (χ0n) is 8.65. The van der Waals surface area contributed by atoms with E-state index in [4.69, 9.17) is 5.73 Å². The summed E-state index contributed by atoms with van der Waals surface area (Å²) in [6, 6.07) is 5.52. The number of rotatable bonds is 5. The lowest BCUT2D eigenvalue weighted by atomic mass is 10.3. The molecule has 3 N–H and O–H groups in total. The number of ether oxygens (including phenoxy) is 1. The monoisotopic (exact) mass is 260 g/mol.